The van der Waals surface area contributed by atoms with Crippen LogP contribution in [0.4, 0.5) is 0 Å². The first-order chi connectivity index (χ1) is 12.9. The zero-order valence-corrected chi connectivity index (χ0v) is 16.4. The smallest absolute Gasteiger partial charge is 0.303 e. The Hall–Kier alpha value is -1.92. The van der Waals surface area contributed by atoms with Gasteiger partial charge in [0.05, 0.1) is 4.90 Å². The van der Waals surface area contributed by atoms with Crippen LogP contribution in [-0.2, 0) is 14.8 Å². The third-order valence-electron chi connectivity index (χ3n) is 5.65. The van der Waals surface area contributed by atoms with Crippen molar-refractivity contribution in [3.63, 3.8) is 0 Å². The normalized spacial score (nSPS) is 26.9. The van der Waals surface area contributed by atoms with Crippen molar-refractivity contribution in [1.29, 1.82) is 0 Å². The van der Waals surface area contributed by atoms with Crippen LogP contribution in [-0.4, -0.2) is 26.0 Å². The molecule has 0 aromatic heterocycles. The highest BCUT2D eigenvalue weighted by atomic mass is 32.2. The molecule has 27 heavy (non-hydrogen) atoms. The molecule has 5 nitrogen and oxygen atoms in total. The first kappa shape index (κ1) is 19.8. The van der Waals surface area contributed by atoms with Gasteiger partial charge in [0, 0.05) is 13.0 Å². The fourth-order valence-electron chi connectivity index (χ4n) is 4.17. The van der Waals surface area contributed by atoms with Gasteiger partial charge in [0.1, 0.15) is 0 Å². The van der Waals surface area contributed by atoms with Gasteiger partial charge in [-0.1, -0.05) is 42.0 Å². The van der Waals surface area contributed by atoms with Gasteiger partial charge >= 0.3 is 5.97 Å². The van der Waals surface area contributed by atoms with Gasteiger partial charge < -0.3 is 5.11 Å². The number of nitrogens with one attached hydrogen (secondary N) is 1. The number of unbranched alkanes of at least 4 members (excludes halogenated alkanes) is 1. The molecule has 0 aliphatic heterocycles. The predicted octanol–water partition coefficient (Wildman–Crippen LogP) is 3.52. The Morgan fingerprint density at radius 1 is 1.22 bits per heavy atom. The van der Waals surface area contributed by atoms with Crippen LogP contribution in [0.1, 0.15) is 31.2 Å². The Labute approximate surface area is 161 Å². The maximum absolute atomic E-state index is 12.6. The van der Waals surface area contributed by atoms with E-state index in [0.717, 1.165) is 18.4 Å². The SMILES string of the molecule is Cc1ccc(S(=O)(=O)NC[C@H]2[C@H](C=CCCCC(=O)O)[C@@H]3C=C[C@H]2C3)cc1. The molecule has 2 bridgehead atoms. The van der Waals surface area contributed by atoms with Crippen LogP contribution in [0.15, 0.2) is 53.5 Å². The van der Waals surface area contributed by atoms with E-state index in [0.29, 0.717) is 35.6 Å². The second-order valence-corrected chi connectivity index (χ2v) is 9.34. The fraction of sp³-hybridized carbons (Fsp3) is 0.476. The lowest BCUT2D eigenvalue weighted by atomic mass is 9.83. The predicted molar refractivity (Wildman–Crippen MR) is 105 cm³/mol. The summed E-state index contributed by atoms with van der Waals surface area (Å²) in [5, 5.41) is 8.71. The minimum Gasteiger partial charge on any atom is -0.481 e. The lowest BCUT2D eigenvalue weighted by molar-refractivity contribution is -0.137. The highest BCUT2D eigenvalue weighted by molar-refractivity contribution is 7.89. The molecule has 2 aliphatic carbocycles. The number of carboxylic acid groups (broad SMARTS) is 1. The van der Waals surface area contributed by atoms with E-state index in [9.17, 15) is 13.2 Å². The van der Waals surface area contributed by atoms with Crippen LogP contribution in [0.25, 0.3) is 0 Å². The van der Waals surface area contributed by atoms with Crippen molar-refractivity contribution in [3.8, 4) is 0 Å². The van der Waals surface area contributed by atoms with E-state index in [1.54, 1.807) is 24.3 Å². The molecule has 2 N–H and O–H groups in total. The van der Waals surface area contributed by atoms with Crippen LogP contribution in [0.2, 0.25) is 0 Å². The highest BCUT2D eigenvalue weighted by Crippen LogP contribution is 2.48. The van der Waals surface area contributed by atoms with Crippen LogP contribution < -0.4 is 4.72 Å². The lowest BCUT2D eigenvalue weighted by Crippen LogP contribution is -2.34. The molecule has 0 radical (unpaired) electrons. The van der Waals surface area contributed by atoms with Crippen LogP contribution in [0, 0.1) is 30.6 Å². The Kier molecular flexibility index (Phi) is 6.17. The van der Waals surface area contributed by atoms with Crippen molar-refractivity contribution in [2.24, 2.45) is 23.7 Å². The molecule has 6 heteroatoms. The average molecular weight is 390 g/mol. The molecule has 0 spiro atoms. The summed E-state index contributed by atoms with van der Waals surface area (Å²) in [4.78, 5) is 10.9. The molecular formula is C21H27NO4S. The Morgan fingerprint density at radius 3 is 2.63 bits per heavy atom. The molecule has 1 aromatic rings. The van der Waals surface area contributed by atoms with Crippen molar-refractivity contribution >= 4 is 16.0 Å². The van der Waals surface area contributed by atoms with Gasteiger partial charge in [-0.15, -0.1) is 0 Å². The van der Waals surface area contributed by atoms with E-state index in [2.05, 4.69) is 29.0 Å². The van der Waals surface area contributed by atoms with Crippen molar-refractivity contribution in [2.75, 3.05) is 6.54 Å². The minimum atomic E-state index is -3.51. The second kappa shape index (κ2) is 8.40. The monoisotopic (exact) mass is 389 g/mol. The lowest BCUT2D eigenvalue weighted by Gasteiger charge is -2.26. The number of allylic oxidation sites excluding steroid dienone is 4. The Balaban J connectivity index is 1.60. The number of aliphatic carboxylic acids is 1. The van der Waals surface area contributed by atoms with Gasteiger partial charge in [0.25, 0.3) is 0 Å². The molecule has 0 amide bonds. The second-order valence-electron chi connectivity index (χ2n) is 7.57. The number of carboxylic acids is 1. The number of hydrogen-bond donors (Lipinski definition) is 2. The largest absolute Gasteiger partial charge is 0.481 e. The van der Waals surface area contributed by atoms with Gasteiger partial charge in [0.15, 0.2) is 0 Å². The van der Waals surface area contributed by atoms with Gasteiger partial charge in [-0.3, -0.25) is 4.79 Å². The molecule has 0 saturated heterocycles. The number of fused-ring (bicyclic) bond motifs is 2. The van der Waals surface area contributed by atoms with Gasteiger partial charge in [0.2, 0.25) is 10.0 Å². The van der Waals surface area contributed by atoms with E-state index in [1.807, 2.05) is 6.92 Å². The number of rotatable bonds is 9. The van der Waals surface area contributed by atoms with E-state index in [4.69, 9.17) is 5.11 Å². The molecule has 146 valence electrons. The summed E-state index contributed by atoms with van der Waals surface area (Å²) in [5.74, 6) is 0.653. The minimum absolute atomic E-state index is 0.181. The van der Waals surface area contributed by atoms with Gasteiger partial charge in [-0.05, 0) is 62.0 Å². The maximum Gasteiger partial charge on any atom is 0.303 e. The van der Waals surface area contributed by atoms with Crippen LogP contribution in [0.3, 0.4) is 0 Å². The summed E-state index contributed by atoms with van der Waals surface area (Å²) in [6, 6.07) is 6.88. The summed E-state index contributed by atoms with van der Waals surface area (Å²) < 4.78 is 27.9. The van der Waals surface area contributed by atoms with Crippen molar-refractivity contribution < 1.29 is 18.3 Å². The number of hydrogen-bond acceptors (Lipinski definition) is 3. The van der Waals surface area contributed by atoms with E-state index in [-0.39, 0.29) is 12.3 Å². The van der Waals surface area contributed by atoms with Crippen LogP contribution in [0.5, 0.6) is 0 Å². The Morgan fingerprint density at radius 2 is 1.93 bits per heavy atom. The molecule has 3 rings (SSSR count). The van der Waals surface area contributed by atoms with Gasteiger partial charge in [-0.25, -0.2) is 13.1 Å². The van der Waals surface area contributed by atoms with Crippen molar-refractivity contribution in [1.82, 2.24) is 4.72 Å². The quantitative estimate of drug-likeness (QED) is 0.500. The molecular weight excluding hydrogens is 362 g/mol. The Bertz CT molecular complexity index is 826. The van der Waals surface area contributed by atoms with Crippen LogP contribution >= 0.6 is 0 Å². The first-order valence-corrected chi connectivity index (χ1v) is 11.0. The third-order valence-corrected chi connectivity index (χ3v) is 7.09. The molecule has 2 aliphatic rings. The number of carbonyl (C=O) groups is 1. The standard InChI is InChI=1S/C21H27NO4S/c1-15-7-11-18(12-8-15)27(25,26)22-14-20-17-10-9-16(13-17)19(20)5-3-2-4-6-21(23)24/h3,5,7-12,16-17,19-20,22H,2,4,6,13-14H2,1H3,(H,23,24)/t16-,17+,19-,20-/m1/s1. The topological polar surface area (TPSA) is 83.5 Å². The summed E-state index contributed by atoms with van der Waals surface area (Å²) in [6.07, 6.45) is 11.3. The number of sulfonamides is 1. The maximum atomic E-state index is 12.6. The number of benzene rings is 1. The summed E-state index contributed by atoms with van der Waals surface area (Å²) in [7, 11) is -3.51. The van der Waals surface area contributed by atoms with E-state index in [1.165, 1.54) is 0 Å². The first-order valence-electron chi connectivity index (χ1n) is 9.50. The molecule has 4 atom stereocenters. The highest BCUT2D eigenvalue weighted by Gasteiger charge is 2.43. The molecule has 0 heterocycles. The van der Waals surface area contributed by atoms with E-state index >= 15 is 0 Å². The van der Waals surface area contributed by atoms with Crippen molar-refractivity contribution in [2.45, 2.75) is 37.5 Å². The summed E-state index contributed by atoms with van der Waals surface area (Å²) in [6.45, 7) is 2.35. The average Bonchev–Trinajstić information content (AvgIpc) is 3.21. The molecule has 1 fully saturated rings. The zero-order chi connectivity index (χ0) is 19.4. The molecule has 1 aromatic carbocycles. The summed E-state index contributed by atoms with van der Waals surface area (Å²) >= 11 is 0. The zero-order valence-electron chi connectivity index (χ0n) is 15.5. The third kappa shape index (κ3) is 4.87. The summed E-state index contributed by atoms with van der Waals surface area (Å²) in [5.41, 5.74) is 1.03. The molecule has 1 saturated carbocycles. The molecule has 0 unspecified atom stereocenters. The fourth-order valence-corrected chi connectivity index (χ4v) is 5.24. The van der Waals surface area contributed by atoms with E-state index < -0.39 is 16.0 Å². The van der Waals surface area contributed by atoms with Crippen molar-refractivity contribution in [3.05, 3.63) is 54.1 Å². The number of aryl methyl sites for hydroxylation is 1. The van der Waals surface area contributed by atoms with Gasteiger partial charge in [-0.2, -0.15) is 0 Å².